The van der Waals surface area contributed by atoms with Crippen LogP contribution < -0.4 is 5.32 Å². The van der Waals surface area contributed by atoms with E-state index >= 15 is 0 Å². The predicted octanol–water partition coefficient (Wildman–Crippen LogP) is 3.89. The Balaban J connectivity index is 1.83. The van der Waals surface area contributed by atoms with Gasteiger partial charge in [0.2, 0.25) is 0 Å². The predicted molar refractivity (Wildman–Crippen MR) is 76.8 cm³/mol. The Bertz CT molecular complexity index is 241. The minimum Gasteiger partial charge on any atom is -0.373 e. The zero-order valence-corrected chi connectivity index (χ0v) is 12.5. The van der Waals surface area contributed by atoms with Gasteiger partial charge in [-0.2, -0.15) is 0 Å². The molecule has 2 aliphatic rings. The lowest BCUT2D eigenvalue weighted by atomic mass is 9.76. The molecule has 2 rings (SSSR count). The molecule has 2 unspecified atom stereocenters. The summed E-state index contributed by atoms with van der Waals surface area (Å²) in [4.78, 5) is 0. The van der Waals surface area contributed by atoms with Gasteiger partial charge >= 0.3 is 0 Å². The molecule has 0 heterocycles. The molecule has 0 aliphatic heterocycles. The van der Waals surface area contributed by atoms with Crippen LogP contribution >= 0.6 is 0 Å². The Morgan fingerprint density at radius 3 is 2.28 bits per heavy atom. The van der Waals surface area contributed by atoms with E-state index in [4.69, 9.17) is 4.74 Å². The molecule has 0 aromatic heterocycles. The van der Waals surface area contributed by atoms with Gasteiger partial charge in [-0.05, 0) is 51.0 Å². The van der Waals surface area contributed by atoms with Crippen molar-refractivity contribution in [3.8, 4) is 0 Å². The molecule has 2 heteroatoms. The van der Waals surface area contributed by atoms with Crippen molar-refractivity contribution >= 4 is 0 Å². The molecule has 18 heavy (non-hydrogen) atoms. The van der Waals surface area contributed by atoms with Crippen molar-refractivity contribution in [2.45, 2.75) is 89.9 Å². The Hall–Kier alpha value is -0.0800. The minimum absolute atomic E-state index is 0.462. The second-order valence-corrected chi connectivity index (χ2v) is 7.07. The van der Waals surface area contributed by atoms with Crippen LogP contribution in [0.25, 0.3) is 0 Å². The first-order valence-corrected chi connectivity index (χ1v) is 7.93. The quantitative estimate of drug-likeness (QED) is 0.770. The lowest BCUT2D eigenvalue weighted by Gasteiger charge is -2.37. The van der Waals surface area contributed by atoms with Gasteiger partial charge in [0, 0.05) is 6.04 Å². The maximum atomic E-state index is 6.45. The van der Waals surface area contributed by atoms with Gasteiger partial charge in [0.1, 0.15) is 0 Å². The Morgan fingerprint density at radius 1 is 0.944 bits per heavy atom. The molecule has 0 aromatic rings. The first kappa shape index (κ1) is 14.3. The van der Waals surface area contributed by atoms with Crippen molar-refractivity contribution in [1.82, 2.24) is 5.32 Å². The average molecular weight is 253 g/mol. The summed E-state index contributed by atoms with van der Waals surface area (Å²) in [5.41, 5.74) is 0.547. The Kier molecular flexibility index (Phi) is 5.08. The first-order chi connectivity index (χ1) is 8.61. The third-order valence-electron chi connectivity index (χ3n) is 4.98. The molecule has 106 valence electrons. The SMILES string of the molecule is CNC1CCCCCC1OC1CCC(C)(C)CC1. The molecule has 0 amide bonds. The number of nitrogens with one attached hydrogen (secondary N) is 1. The van der Waals surface area contributed by atoms with Gasteiger partial charge in [-0.3, -0.25) is 0 Å². The van der Waals surface area contributed by atoms with Crippen molar-refractivity contribution in [3.05, 3.63) is 0 Å². The van der Waals surface area contributed by atoms with Crippen LogP contribution in [0.2, 0.25) is 0 Å². The highest BCUT2D eigenvalue weighted by molar-refractivity contribution is 4.83. The fourth-order valence-electron chi connectivity index (χ4n) is 3.52. The first-order valence-electron chi connectivity index (χ1n) is 7.93. The molecule has 2 fully saturated rings. The molecular weight excluding hydrogens is 222 g/mol. The van der Waals surface area contributed by atoms with Crippen LogP contribution in [0.4, 0.5) is 0 Å². The molecule has 2 aliphatic carbocycles. The largest absolute Gasteiger partial charge is 0.373 e. The van der Waals surface area contributed by atoms with E-state index in [2.05, 4.69) is 26.2 Å². The second kappa shape index (κ2) is 6.38. The van der Waals surface area contributed by atoms with Crippen molar-refractivity contribution in [2.75, 3.05) is 7.05 Å². The number of likely N-dealkylation sites (N-methyl/N-ethyl adjacent to an activating group) is 1. The fraction of sp³-hybridized carbons (Fsp3) is 1.00. The van der Waals surface area contributed by atoms with E-state index in [9.17, 15) is 0 Å². The van der Waals surface area contributed by atoms with Gasteiger partial charge in [0.15, 0.2) is 0 Å². The summed E-state index contributed by atoms with van der Waals surface area (Å²) >= 11 is 0. The molecule has 0 radical (unpaired) electrons. The van der Waals surface area contributed by atoms with Crippen molar-refractivity contribution in [3.63, 3.8) is 0 Å². The van der Waals surface area contributed by atoms with Crippen LogP contribution in [0, 0.1) is 5.41 Å². The van der Waals surface area contributed by atoms with Gasteiger partial charge < -0.3 is 10.1 Å². The summed E-state index contributed by atoms with van der Waals surface area (Å²) in [6, 6.07) is 0.586. The topological polar surface area (TPSA) is 21.3 Å². The average Bonchev–Trinajstić information content (AvgIpc) is 2.57. The van der Waals surface area contributed by atoms with E-state index in [-0.39, 0.29) is 0 Å². The van der Waals surface area contributed by atoms with Gasteiger partial charge in [-0.25, -0.2) is 0 Å². The van der Waals surface area contributed by atoms with E-state index in [1.807, 2.05) is 0 Å². The highest BCUT2D eigenvalue weighted by Crippen LogP contribution is 2.37. The fourth-order valence-corrected chi connectivity index (χ4v) is 3.52. The van der Waals surface area contributed by atoms with Crippen LogP contribution in [-0.2, 0) is 4.74 Å². The van der Waals surface area contributed by atoms with Crippen molar-refractivity contribution < 1.29 is 4.74 Å². The second-order valence-electron chi connectivity index (χ2n) is 7.07. The summed E-state index contributed by atoms with van der Waals surface area (Å²) in [6.07, 6.45) is 12.8. The number of hydrogen-bond acceptors (Lipinski definition) is 2. The zero-order chi connectivity index (χ0) is 13.0. The third-order valence-corrected chi connectivity index (χ3v) is 4.98. The van der Waals surface area contributed by atoms with E-state index in [1.54, 1.807) is 0 Å². The lowest BCUT2D eigenvalue weighted by Crippen LogP contribution is -2.41. The van der Waals surface area contributed by atoms with Gasteiger partial charge in [0.25, 0.3) is 0 Å². The third kappa shape index (κ3) is 3.96. The summed E-state index contributed by atoms with van der Waals surface area (Å²) in [7, 11) is 2.09. The zero-order valence-electron chi connectivity index (χ0n) is 12.5. The van der Waals surface area contributed by atoms with Crippen molar-refractivity contribution in [1.29, 1.82) is 0 Å². The van der Waals surface area contributed by atoms with Crippen LogP contribution in [-0.4, -0.2) is 25.3 Å². The molecule has 0 aromatic carbocycles. The summed E-state index contributed by atoms with van der Waals surface area (Å²) in [6.45, 7) is 4.79. The van der Waals surface area contributed by atoms with Gasteiger partial charge in [-0.15, -0.1) is 0 Å². The van der Waals surface area contributed by atoms with Crippen LogP contribution in [0.5, 0.6) is 0 Å². The Labute approximate surface area is 113 Å². The summed E-state index contributed by atoms with van der Waals surface area (Å²) < 4.78 is 6.45. The van der Waals surface area contributed by atoms with E-state index in [1.165, 1.54) is 57.8 Å². The molecule has 0 spiro atoms. The monoisotopic (exact) mass is 253 g/mol. The highest BCUT2D eigenvalue weighted by atomic mass is 16.5. The number of hydrogen-bond donors (Lipinski definition) is 1. The summed E-state index contributed by atoms with van der Waals surface area (Å²) in [5.74, 6) is 0. The molecule has 2 saturated carbocycles. The van der Waals surface area contributed by atoms with Gasteiger partial charge in [-0.1, -0.05) is 33.1 Å². The summed E-state index contributed by atoms with van der Waals surface area (Å²) in [5, 5.41) is 3.47. The number of rotatable bonds is 3. The Morgan fingerprint density at radius 2 is 1.61 bits per heavy atom. The van der Waals surface area contributed by atoms with Crippen LogP contribution in [0.15, 0.2) is 0 Å². The molecule has 0 bridgehead atoms. The van der Waals surface area contributed by atoms with Gasteiger partial charge in [0.05, 0.1) is 12.2 Å². The molecule has 2 nitrogen and oxygen atoms in total. The molecule has 1 N–H and O–H groups in total. The highest BCUT2D eigenvalue weighted by Gasteiger charge is 2.31. The molecular formula is C16H31NO. The van der Waals surface area contributed by atoms with Crippen molar-refractivity contribution in [2.24, 2.45) is 5.41 Å². The minimum atomic E-state index is 0.462. The molecule has 0 saturated heterocycles. The maximum absolute atomic E-state index is 6.45. The molecule has 2 atom stereocenters. The van der Waals surface area contributed by atoms with Crippen LogP contribution in [0.3, 0.4) is 0 Å². The normalized spacial score (nSPS) is 34.2. The number of ether oxygens (including phenoxy) is 1. The smallest absolute Gasteiger partial charge is 0.0731 e. The lowest BCUT2D eigenvalue weighted by molar-refractivity contribution is -0.0612. The van der Waals surface area contributed by atoms with E-state index < -0.39 is 0 Å². The maximum Gasteiger partial charge on any atom is 0.0731 e. The standard InChI is InChI=1S/C16H31NO/c1-16(2)11-9-13(10-12-16)18-15-8-6-4-5-7-14(15)17-3/h13-15,17H,4-12H2,1-3H3. The van der Waals surface area contributed by atoms with Crippen LogP contribution in [0.1, 0.15) is 71.6 Å². The van der Waals surface area contributed by atoms with E-state index in [0.717, 1.165) is 0 Å². The van der Waals surface area contributed by atoms with E-state index in [0.29, 0.717) is 23.7 Å².